The molecule has 29 heavy (non-hydrogen) atoms. The zero-order valence-electron chi connectivity index (χ0n) is 16.0. The molecule has 1 heterocycles. The number of aromatic nitrogens is 1. The Morgan fingerprint density at radius 2 is 1.41 bits per heavy atom. The highest BCUT2D eigenvalue weighted by atomic mass is 16.5. The summed E-state index contributed by atoms with van der Waals surface area (Å²) in [6.45, 7) is 0. The summed E-state index contributed by atoms with van der Waals surface area (Å²) in [6, 6.07) is 30.5. The number of carbonyl (C=O) groups is 1. The molecule has 0 aliphatic carbocycles. The van der Waals surface area contributed by atoms with Crippen LogP contribution in [0.4, 0.5) is 0 Å². The Labute approximate surface area is 168 Å². The van der Waals surface area contributed by atoms with Gasteiger partial charge in [0.2, 0.25) is 0 Å². The Hall–Kier alpha value is -3.85. The normalized spacial score (nSPS) is 11.1. The van der Waals surface area contributed by atoms with Crippen molar-refractivity contribution in [3.8, 4) is 22.3 Å². The average molecular weight is 377 g/mol. The van der Waals surface area contributed by atoms with Crippen LogP contribution in [0.2, 0.25) is 0 Å². The number of hydrogen-bond donors (Lipinski definition) is 1. The minimum absolute atomic E-state index is 0.337. The van der Waals surface area contributed by atoms with Gasteiger partial charge in [-0.1, -0.05) is 66.7 Å². The monoisotopic (exact) mass is 377 g/mol. The zero-order valence-corrected chi connectivity index (χ0v) is 16.0. The van der Waals surface area contributed by atoms with Crippen molar-refractivity contribution in [3.63, 3.8) is 0 Å². The number of nitrogens with one attached hydrogen (secondary N) is 1. The first-order chi connectivity index (χ1) is 14.3. The minimum atomic E-state index is -0.337. The Morgan fingerprint density at radius 1 is 0.690 bits per heavy atom. The van der Waals surface area contributed by atoms with Gasteiger partial charge in [0.1, 0.15) is 0 Å². The van der Waals surface area contributed by atoms with E-state index in [-0.39, 0.29) is 5.97 Å². The molecule has 0 atom stereocenters. The molecule has 0 unspecified atom stereocenters. The fourth-order valence-corrected chi connectivity index (χ4v) is 3.98. The largest absolute Gasteiger partial charge is 0.465 e. The van der Waals surface area contributed by atoms with Crippen molar-refractivity contribution in [2.24, 2.45) is 0 Å². The second-order valence-corrected chi connectivity index (χ2v) is 7.02. The number of H-pyrrole nitrogens is 1. The van der Waals surface area contributed by atoms with Gasteiger partial charge in [0.05, 0.1) is 12.7 Å². The zero-order chi connectivity index (χ0) is 19.8. The molecule has 1 aromatic heterocycles. The van der Waals surface area contributed by atoms with Gasteiger partial charge in [-0.25, -0.2) is 4.79 Å². The van der Waals surface area contributed by atoms with Gasteiger partial charge in [-0.15, -0.1) is 0 Å². The Kier molecular flexibility index (Phi) is 4.14. The fourth-order valence-electron chi connectivity index (χ4n) is 3.98. The summed E-state index contributed by atoms with van der Waals surface area (Å²) in [5, 5.41) is 2.35. The van der Waals surface area contributed by atoms with Crippen LogP contribution in [0.15, 0.2) is 91.0 Å². The average Bonchev–Trinajstić information content (AvgIpc) is 3.16. The molecule has 0 saturated carbocycles. The Morgan fingerprint density at radius 3 is 2.24 bits per heavy atom. The molecule has 0 aliphatic rings. The molecular formula is C26H19NO2. The van der Waals surface area contributed by atoms with Crippen LogP contribution in [0.1, 0.15) is 10.4 Å². The summed E-state index contributed by atoms with van der Waals surface area (Å²) >= 11 is 0. The van der Waals surface area contributed by atoms with Crippen molar-refractivity contribution in [1.29, 1.82) is 0 Å². The van der Waals surface area contributed by atoms with E-state index in [4.69, 9.17) is 4.74 Å². The van der Waals surface area contributed by atoms with E-state index < -0.39 is 0 Å². The number of benzene rings is 4. The van der Waals surface area contributed by atoms with E-state index in [0.29, 0.717) is 5.56 Å². The number of fused-ring (bicyclic) bond motifs is 3. The quantitative estimate of drug-likeness (QED) is 0.368. The van der Waals surface area contributed by atoms with Crippen molar-refractivity contribution in [3.05, 3.63) is 96.6 Å². The van der Waals surface area contributed by atoms with Crippen LogP contribution >= 0.6 is 0 Å². The van der Waals surface area contributed by atoms with Crippen molar-refractivity contribution < 1.29 is 9.53 Å². The van der Waals surface area contributed by atoms with Gasteiger partial charge in [-0.2, -0.15) is 0 Å². The van der Waals surface area contributed by atoms with E-state index >= 15 is 0 Å². The number of para-hydroxylation sites is 1. The maximum Gasteiger partial charge on any atom is 0.338 e. The van der Waals surface area contributed by atoms with Crippen LogP contribution in [0, 0.1) is 0 Å². The maximum atomic E-state index is 12.4. The molecule has 5 aromatic rings. The van der Waals surface area contributed by atoms with Crippen LogP contribution in [-0.2, 0) is 4.74 Å². The summed E-state index contributed by atoms with van der Waals surface area (Å²) < 4.78 is 5.03. The second kappa shape index (κ2) is 6.95. The van der Waals surface area contributed by atoms with Crippen LogP contribution in [0.25, 0.3) is 44.1 Å². The lowest BCUT2D eigenvalue weighted by Crippen LogP contribution is -2.03. The molecule has 3 nitrogen and oxygen atoms in total. The van der Waals surface area contributed by atoms with Crippen LogP contribution in [0.5, 0.6) is 0 Å². The van der Waals surface area contributed by atoms with E-state index in [0.717, 1.165) is 33.3 Å². The summed E-state index contributed by atoms with van der Waals surface area (Å²) in [5.74, 6) is -0.337. The third-order valence-electron chi connectivity index (χ3n) is 5.35. The number of methoxy groups -OCH3 is 1. The van der Waals surface area contributed by atoms with Crippen LogP contribution in [-0.4, -0.2) is 18.1 Å². The molecule has 140 valence electrons. The van der Waals surface area contributed by atoms with Crippen molar-refractivity contribution in [1.82, 2.24) is 4.98 Å². The van der Waals surface area contributed by atoms with Gasteiger partial charge in [0.15, 0.2) is 0 Å². The first-order valence-corrected chi connectivity index (χ1v) is 9.54. The number of aromatic amines is 1. The van der Waals surface area contributed by atoms with E-state index in [2.05, 4.69) is 47.4 Å². The minimum Gasteiger partial charge on any atom is -0.465 e. The molecule has 0 radical (unpaired) electrons. The van der Waals surface area contributed by atoms with Crippen LogP contribution in [0.3, 0.4) is 0 Å². The SMILES string of the molecule is COC(=O)c1ccccc1-c1cc2[nH]c3ccccc3c2cc1-c1ccccc1. The second-order valence-electron chi connectivity index (χ2n) is 7.02. The number of rotatable bonds is 3. The molecule has 0 bridgehead atoms. The van der Waals surface area contributed by atoms with Crippen molar-refractivity contribution in [2.75, 3.05) is 7.11 Å². The van der Waals surface area contributed by atoms with Gasteiger partial charge < -0.3 is 9.72 Å². The number of ether oxygens (including phenoxy) is 1. The lowest BCUT2D eigenvalue weighted by atomic mass is 9.90. The molecule has 1 N–H and O–H groups in total. The van der Waals surface area contributed by atoms with Gasteiger partial charge in [0, 0.05) is 21.8 Å². The Bertz CT molecular complexity index is 1350. The summed E-state index contributed by atoms with van der Waals surface area (Å²) in [6.07, 6.45) is 0. The first-order valence-electron chi connectivity index (χ1n) is 9.54. The molecule has 3 heteroatoms. The molecule has 0 spiro atoms. The van der Waals surface area contributed by atoms with Crippen molar-refractivity contribution >= 4 is 27.8 Å². The molecular weight excluding hydrogens is 358 g/mol. The number of carbonyl (C=O) groups excluding carboxylic acids is 1. The highest BCUT2D eigenvalue weighted by Crippen LogP contribution is 2.39. The predicted octanol–water partition coefficient (Wildman–Crippen LogP) is 6.44. The van der Waals surface area contributed by atoms with E-state index in [1.807, 2.05) is 48.5 Å². The number of esters is 1. The van der Waals surface area contributed by atoms with Crippen molar-refractivity contribution in [2.45, 2.75) is 0 Å². The maximum absolute atomic E-state index is 12.4. The fraction of sp³-hybridized carbons (Fsp3) is 0.0385. The molecule has 4 aromatic carbocycles. The van der Waals surface area contributed by atoms with Gasteiger partial charge >= 0.3 is 5.97 Å². The molecule has 0 fully saturated rings. The highest BCUT2D eigenvalue weighted by Gasteiger charge is 2.18. The highest BCUT2D eigenvalue weighted by molar-refractivity contribution is 6.11. The molecule has 5 rings (SSSR count). The number of hydrogen-bond acceptors (Lipinski definition) is 2. The predicted molar refractivity (Wildman–Crippen MR) is 118 cm³/mol. The lowest BCUT2D eigenvalue weighted by molar-refractivity contribution is 0.0601. The van der Waals surface area contributed by atoms with E-state index in [1.54, 1.807) is 0 Å². The summed E-state index contributed by atoms with van der Waals surface area (Å²) in [5.41, 5.74) is 6.74. The van der Waals surface area contributed by atoms with Gasteiger partial charge in [0.25, 0.3) is 0 Å². The van der Waals surface area contributed by atoms with E-state index in [9.17, 15) is 4.79 Å². The van der Waals surface area contributed by atoms with Gasteiger partial charge in [-0.3, -0.25) is 0 Å². The smallest absolute Gasteiger partial charge is 0.338 e. The Balaban J connectivity index is 1.88. The topological polar surface area (TPSA) is 42.1 Å². The van der Waals surface area contributed by atoms with Gasteiger partial charge in [-0.05, 0) is 46.5 Å². The standard InChI is InChI=1S/C26H19NO2/c1-29-26(28)20-13-6-5-11-18(20)22-16-25-23(19-12-7-8-14-24(19)27-25)15-21(22)17-9-3-2-4-10-17/h2-16,27H,1H3. The third-order valence-corrected chi connectivity index (χ3v) is 5.35. The first kappa shape index (κ1) is 17.3. The summed E-state index contributed by atoms with van der Waals surface area (Å²) in [4.78, 5) is 15.9. The molecule has 0 aliphatic heterocycles. The van der Waals surface area contributed by atoms with Crippen LogP contribution < -0.4 is 0 Å². The molecule has 0 amide bonds. The molecule has 0 saturated heterocycles. The van der Waals surface area contributed by atoms with E-state index in [1.165, 1.54) is 17.9 Å². The lowest BCUT2D eigenvalue weighted by Gasteiger charge is -2.14. The third kappa shape index (κ3) is 2.88. The summed E-state index contributed by atoms with van der Waals surface area (Å²) in [7, 11) is 1.41.